The van der Waals surface area contributed by atoms with Crippen molar-refractivity contribution in [2.45, 2.75) is 13.5 Å². The van der Waals surface area contributed by atoms with Crippen LogP contribution in [-0.4, -0.2) is 5.91 Å². The number of aryl methyl sites for hydroxylation is 1. The molecule has 0 aliphatic carbocycles. The molecule has 3 nitrogen and oxygen atoms in total. The van der Waals surface area contributed by atoms with Crippen LogP contribution >= 0.6 is 0 Å². The topological polar surface area (TPSA) is 55.1 Å². The summed E-state index contributed by atoms with van der Waals surface area (Å²) < 4.78 is 13.4. The van der Waals surface area contributed by atoms with Gasteiger partial charge in [0.1, 0.15) is 5.82 Å². The molecular weight excluding hydrogens is 243 g/mol. The van der Waals surface area contributed by atoms with E-state index in [0.717, 1.165) is 11.3 Å². The normalized spacial score (nSPS) is 10.2. The molecule has 0 bridgehead atoms. The number of hydrogen-bond acceptors (Lipinski definition) is 2. The van der Waals surface area contributed by atoms with Crippen LogP contribution in [0.5, 0.6) is 0 Å². The van der Waals surface area contributed by atoms with Crippen molar-refractivity contribution in [3.8, 4) is 0 Å². The molecule has 98 valence electrons. The average molecular weight is 258 g/mol. The van der Waals surface area contributed by atoms with Crippen LogP contribution in [0.4, 0.5) is 10.1 Å². The monoisotopic (exact) mass is 258 g/mol. The highest BCUT2D eigenvalue weighted by molar-refractivity contribution is 5.93. The lowest BCUT2D eigenvalue weighted by Crippen LogP contribution is -2.11. The number of carbonyl (C=O) groups is 1. The van der Waals surface area contributed by atoms with Gasteiger partial charge in [-0.25, -0.2) is 4.39 Å². The Balaban J connectivity index is 2.07. The summed E-state index contributed by atoms with van der Waals surface area (Å²) in [5.74, 6) is -0.685. The van der Waals surface area contributed by atoms with E-state index in [9.17, 15) is 9.18 Å². The number of halogens is 1. The second-order valence-corrected chi connectivity index (χ2v) is 4.38. The maximum absolute atomic E-state index is 13.4. The number of primary amides is 1. The zero-order chi connectivity index (χ0) is 13.8. The Morgan fingerprint density at radius 2 is 2.05 bits per heavy atom. The van der Waals surface area contributed by atoms with Gasteiger partial charge in [-0.2, -0.15) is 0 Å². The molecule has 0 aliphatic rings. The summed E-state index contributed by atoms with van der Waals surface area (Å²) in [7, 11) is 0. The fourth-order valence-corrected chi connectivity index (χ4v) is 1.73. The summed E-state index contributed by atoms with van der Waals surface area (Å²) in [5.41, 5.74) is 7.89. The standard InChI is InChI=1S/C15H15FN2O/c1-10-5-6-11(7-14(10)16)9-18-13-4-2-3-12(8-13)15(17)19/h2-8,18H,9H2,1H3,(H2,17,19). The van der Waals surface area contributed by atoms with Gasteiger partial charge in [0.15, 0.2) is 0 Å². The second-order valence-electron chi connectivity index (χ2n) is 4.38. The predicted molar refractivity (Wildman–Crippen MR) is 73.4 cm³/mol. The molecule has 2 rings (SSSR count). The lowest BCUT2D eigenvalue weighted by Gasteiger charge is -2.08. The highest BCUT2D eigenvalue weighted by Crippen LogP contribution is 2.14. The van der Waals surface area contributed by atoms with Crippen LogP contribution in [0.15, 0.2) is 42.5 Å². The van der Waals surface area contributed by atoms with Gasteiger partial charge in [0.05, 0.1) is 0 Å². The van der Waals surface area contributed by atoms with Crippen LogP contribution in [0.1, 0.15) is 21.5 Å². The van der Waals surface area contributed by atoms with Crippen molar-refractivity contribution in [3.05, 3.63) is 65.0 Å². The van der Waals surface area contributed by atoms with Crippen LogP contribution in [-0.2, 0) is 6.54 Å². The Labute approximate surface area is 111 Å². The molecule has 3 N–H and O–H groups in total. The largest absolute Gasteiger partial charge is 0.381 e. The Kier molecular flexibility index (Phi) is 3.80. The molecular formula is C15H15FN2O. The summed E-state index contributed by atoms with van der Waals surface area (Å²) in [6.07, 6.45) is 0. The molecule has 4 heteroatoms. The maximum Gasteiger partial charge on any atom is 0.248 e. The second kappa shape index (κ2) is 5.52. The third-order valence-corrected chi connectivity index (χ3v) is 2.88. The van der Waals surface area contributed by atoms with Gasteiger partial charge in [0.2, 0.25) is 5.91 Å². The zero-order valence-corrected chi connectivity index (χ0v) is 10.6. The first-order valence-electron chi connectivity index (χ1n) is 5.95. The van der Waals surface area contributed by atoms with Crippen molar-refractivity contribution in [1.82, 2.24) is 0 Å². The number of nitrogens with one attached hydrogen (secondary N) is 1. The SMILES string of the molecule is Cc1ccc(CNc2cccc(C(N)=O)c2)cc1F. The van der Waals surface area contributed by atoms with Gasteiger partial charge in [-0.15, -0.1) is 0 Å². The van der Waals surface area contributed by atoms with Gasteiger partial charge in [-0.1, -0.05) is 18.2 Å². The molecule has 1 amide bonds. The lowest BCUT2D eigenvalue weighted by molar-refractivity contribution is 0.100. The van der Waals surface area contributed by atoms with Crippen molar-refractivity contribution in [1.29, 1.82) is 0 Å². The van der Waals surface area contributed by atoms with Crippen LogP contribution in [0.3, 0.4) is 0 Å². The van der Waals surface area contributed by atoms with E-state index in [1.807, 2.05) is 12.1 Å². The van der Waals surface area contributed by atoms with E-state index in [4.69, 9.17) is 5.73 Å². The van der Waals surface area contributed by atoms with Crippen molar-refractivity contribution in [2.24, 2.45) is 5.73 Å². The molecule has 19 heavy (non-hydrogen) atoms. The minimum Gasteiger partial charge on any atom is -0.381 e. The summed E-state index contributed by atoms with van der Waals surface area (Å²) in [4.78, 5) is 11.1. The smallest absolute Gasteiger partial charge is 0.248 e. The zero-order valence-electron chi connectivity index (χ0n) is 10.6. The molecule has 0 saturated carbocycles. The first-order chi connectivity index (χ1) is 9.06. The number of amides is 1. The molecule has 0 fully saturated rings. The Bertz CT molecular complexity index is 611. The fourth-order valence-electron chi connectivity index (χ4n) is 1.73. The highest BCUT2D eigenvalue weighted by atomic mass is 19.1. The molecule has 2 aromatic rings. The van der Waals surface area contributed by atoms with Crippen molar-refractivity contribution >= 4 is 11.6 Å². The quantitative estimate of drug-likeness (QED) is 0.886. The number of nitrogens with two attached hydrogens (primary N) is 1. The summed E-state index contributed by atoms with van der Waals surface area (Å²) in [6, 6.07) is 12.0. The molecule has 0 aliphatic heterocycles. The molecule has 0 spiro atoms. The van der Waals surface area contributed by atoms with E-state index >= 15 is 0 Å². The number of anilines is 1. The van der Waals surface area contributed by atoms with E-state index < -0.39 is 5.91 Å². The van der Waals surface area contributed by atoms with Gasteiger partial charge >= 0.3 is 0 Å². The fraction of sp³-hybridized carbons (Fsp3) is 0.133. The molecule has 0 atom stereocenters. The van der Waals surface area contributed by atoms with Gasteiger partial charge in [-0.05, 0) is 42.3 Å². The van der Waals surface area contributed by atoms with Crippen LogP contribution in [0, 0.1) is 12.7 Å². The van der Waals surface area contributed by atoms with Crippen molar-refractivity contribution < 1.29 is 9.18 Å². The third-order valence-electron chi connectivity index (χ3n) is 2.88. The number of benzene rings is 2. The van der Waals surface area contributed by atoms with Crippen LogP contribution in [0.25, 0.3) is 0 Å². The highest BCUT2D eigenvalue weighted by Gasteiger charge is 2.02. The Hall–Kier alpha value is -2.36. The Morgan fingerprint density at radius 1 is 1.26 bits per heavy atom. The van der Waals surface area contributed by atoms with Crippen LogP contribution in [0.2, 0.25) is 0 Å². The maximum atomic E-state index is 13.4. The molecule has 0 radical (unpaired) electrons. The van der Waals surface area contributed by atoms with Crippen molar-refractivity contribution in [3.63, 3.8) is 0 Å². The van der Waals surface area contributed by atoms with Gasteiger partial charge in [-0.3, -0.25) is 4.79 Å². The molecule has 0 saturated heterocycles. The van der Waals surface area contributed by atoms with Gasteiger partial charge in [0.25, 0.3) is 0 Å². The number of rotatable bonds is 4. The first-order valence-corrected chi connectivity index (χ1v) is 5.95. The van der Waals surface area contributed by atoms with Gasteiger partial charge < -0.3 is 11.1 Å². The van der Waals surface area contributed by atoms with E-state index in [2.05, 4.69) is 5.32 Å². The average Bonchev–Trinajstić information content (AvgIpc) is 2.40. The molecule has 2 aromatic carbocycles. The van der Waals surface area contributed by atoms with E-state index in [0.29, 0.717) is 17.7 Å². The molecule has 0 aromatic heterocycles. The van der Waals surface area contributed by atoms with Crippen LogP contribution < -0.4 is 11.1 Å². The Morgan fingerprint density at radius 3 is 2.74 bits per heavy atom. The first kappa shape index (κ1) is 13.1. The third kappa shape index (κ3) is 3.31. The van der Waals surface area contributed by atoms with E-state index in [1.165, 1.54) is 6.07 Å². The summed E-state index contributed by atoms with van der Waals surface area (Å²) in [6.45, 7) is 2.21. The number of carbonyl (C=O) groups excluding carboxylic acids is 1. The van der Waals surface area contributed by atoms with Gasteiger partial charge in [0, 0.05) is 17.8 Å². The minimum atomic E-state index is -0.468. The lowest BCUT2D eigenvalue weighted by atomic mass is 10.1. The summed E-state index contributed by atoms with van der Waals surface area (Å²) in [5, 5.41) is 3.13. The summed E-state index contributed by atoms with van der Waals surface area (Å²) >= 11 is 0. The molecule has 0 heterocycles. The van der Waals surface area contributed by atoms with E-state index in [-0.39, 0.29) is 5.82 Å². The predicted octanol–water partition coefficient (Wildman–Crippen LogP) is 2.85. The minimum absolute atomic E-state index is 0.217. The molecule has 0 unspecified atom stereocenters. The van der Waals surface area contributed by atoms with E-state index in [1.54, 1.807) is 31.2 Å². The van der Waals surface area contributed by atoms with Crippen molar-refractivity contribution in [2.75, 3.05) is 5.32 Å². The number of hydrogen-bond donors (Lipinski definition) is 2.